The predicted octanol–water partition coefficient (Wildman–Crippen LogP) is 18.7. The molecule has 1 aliphatic heterocycles. The van der Waals surface area contributed by atoms with Gasteiger partial charge in [0.15, 0.2) is 0 Å². The molecule has 0 amide bonds. The number of fused-ring (bicyclic) bond motifs is 8. The Morgan fingerprint density at radius 3 is 1.11 bits per heavy atom. The summed E-state index contributed by atoms with van der Waals surface area (Å²) < 4.78 is 0. The highest BCUT2D eigenvalue weighted by Crippen LogP contribution is 2.55. The minimum absolute atomic E-state index is 0.0946. The van der Waals surface area contributed by atoms with Gasteiger partial charge in [-0.25, -0.2) is 0 Å². The van der Waals surface area contributed by atoms with Crippen LogP contribution in [0.4, 0.5) is 51.2 Å². The molecule has 0 spiro atoms. The molecule has 0 saturated heterocycles. The van der Waals surface area contributed by atoms with Gasteiger partial charge in [0.1, 0.15) is 0 Å². The first kappa shape index (κ1) is 41.0. The van der Waals surface area contributed by atoms with E-state index in [4.69, 9.17) is 0 Å². The molecule has 0 atom stereocenters. The summed E-state index contributed by atoms with van der Waals surface area (Å²) in [5.74, 6) is -0.0946. The van der Waals surface area contributed by atoms with E-state index in [0.29, 0.717) is 0 Å². The van der Waals surface area contributed by atoms with Crippen LogP contribution in [0, 0.1) is 0 Å². The van der Waals surface area contributed by atoms with Crippen molar-refractivity contribution in [1.29, 1.82) is 0 Å². The monoisotopic (exact) mass is 893 g/mol. The summed E-state index contributed by atoms with van der Waals surface area (Å²) in [6, 6.07) is 102. The molecule has 1 heterocycles. The van der Waals surface area contributed by atoms with Gasteiger partial charge in [0.05, 0.1) is 11.4 Å². The van der Waals surface area contributed by atoms with Gasteiger partial charge in [-0.1, -0.05) is 176 Å². The fraction of sp³-hybridized carbons (Fsp3) is 0.0149. The van der Waals surface area contributed by atoms with E-state index in [-0.39, 0.29) is 5.92 Å². The number of benzene rings is 12. The first-order valence-corrected chi connectivity index (χ1v) is 24.1. The highest BCUT2D eigenvalue weighted by Gasteiger charge is 2.35. The van der Waals surface area contributed by atoms with Gasteiger partial charge in [0.2, 0.25) is 0 Å². The van der Waals surface area contributed by atoms with Crippen molar-refractivity contribution < 1.29 is 0 Å². The lowest BCUT2D eigenvalue weighted by Crippen LogP contribution is -2.23. The normalized spacial score (nSPS) is 12.2. The molecule has 70 heavy (non-hydrogen) atoms. The predicted molar refractivity (Wildman–Crippen MR) is 296 cm³/mol. The maximum Gasteiger partial charge on any atom is 0.0504 e. The summed E-state index contributed by atoms with van der Waals surface area (Å²) in [4.78, 5) is 7.27. The topological polar surface area (TPSA) is 9.72 Å². The van der Waals surface area contributed by atoms with Crippen LogP contribution >= 0.6 is 0 Å². The molecule has 3 heteroatoms. The van der Waals surface area contributed by atoms with Gasteiger partial charge < -0.3 is 14.7 Å². The molecule has 0 bridgehead atoms. The van der Waals surface area contributed by atoms with E-state index in [1.54, 1.807) is 0 Å². The van der Waals surface area contributed by atoms with Gasteiger partial charge in [-0.15, -0.1) is 0 Å². The SMILES string of the molecule is c1ccc(-c2ccc3c4ccccc4c4ccc(N5c6ccc(N(c7ccccc7)c7ccccc7)cc6C(c6ccccc6)c6cc(N(c7ccccc7)c7ccccc7)ccc65)cc4c3c2)cc1. The van der Waals surface area contributed by atoms with Gasteiger partial charge in [-0.05, 0) is 163 Å². The molecule has 13 rings (SSSR count). The van der Waals surface area contributed by atoms with Crippen molar-refractivity contribution in [1.82, 2.24) is 0 Å². The molecule has 12 aromatic carbocycles. The van der Waals surface area contributed by atoms with Crippen LogP contribution in [0.1, 0.15) is 22.6 Å². The summed E-state index contributed by atoms with van der Waals surface area (Å²) in [6.07, 6.45) is 0. The number of nitrogens with zero attached hydrogens (tertiary/aromatic N) is 3. The van der Waals surface area contributed by atoms with Crippen LogP contribution in [0.3, 0.4) is 0 Å². The molecule has 0 fully saturated rings. The Morgan fingerprint density at radius 2 is 0.643 bits per heavy atom. The molecule has 12 aromatic rings. The number of rotatable bonds is 9. The minimum Gasteiger partial charge on any atom is -0.310 e. The summed E-state index contributed by atoms with van der Waals surface area (Å²) in [7, 11) is 0. The van der Waals surface area contributed by atoms with Gasteiger partial charge in [0, 0.05) is 45.7 Å². The van der Waals surface area contributed by atoms with Gasteiger partial charge >= 0.3 is 0 Å². The lowest BCUT2D eigenvalue weighted by molar-refractivity contribution is 0.937. The Morgan fingerprint density at radius 1 is 0.257 bits per heavy atom. The smallest absolute Gasteiger partial charge is 0.0504 e. The maximum atomic E-state index is 2.52. The highest BCUT2D eigenvalue weighted by molar-refractivity contribution is 6.26. The second-order valence-corrected chi connectivity index (χ2v) is 18.1. The van der Waals surface area contributed by atoms with Gasteiger partial charge in [-0.3, -0.25) is 0 Å². The number of para-hydroxylation sites is 4. The summed E-state index contributed by atoms with van der Waals surface area (Å²) >= 11 is 0. The fourth-order valence-corrected chi connectivity index (χ4v) is 10.9. The Kier molecular flexibility index (Phi) is 10.2. The van der Waals surface area contributed by atoms with Crippen molar-refractivity contribution in [3.63, 3.8) is 0 Å². The Hall–Kier alpha value is -9.18. The van der Waals surface area contributed by atoms with E-state index in [1.807, 2.05) is 0 Å². The number of hydrogen-bond acceptors (Lipinski definition) is 3. The average molecular weight is 894 g/mol. The second-order valence-electron chi connectivity index (χ2n) is 18.1. The number of anilines is 9. The van der Waals surface area contributed by atoms with Crippen molar-refractivity contribution in [2.45, 2.75) is 5.92 Å². The molecular formula is C67H47N3. The lowest BCUT2D eigenvalue weighted by Gasteiger charge is -2.40. The van der Waals surface area contributed by atoms with Crippen LogP contribution in [0.5, 0.6) is 0 Å². The molecule has 0 aromatic heterocycles. The van der Waals surface area contributed by atoms with E-state index >= 15 is 0 Å². The molecular weight excluding hydrogens is 847 g/mol. The standard InChI is InChI=1S/C67H47N3/c1-7-21-47(22-8-1)49-35-39-59-57-33-19-20-34-58(57)60-40-36-56(44-62(60)61(59)43-49)70-65-41-37-54(68(50-25-11-3-12-26-50)51-27-13-4-14-28-51)45-63(65)67(48-23-9-2-10-24-48)64-46-55(38-42-66(64)70)69(52-29-15-5-16-30-52)53-31-17-6-18-32-53/h1-46,67H. The average Bonchev–Trinajstić information content (AvgIpc) is 3.44. The van der Waals surface area contributed by atoms with Crippen LogP contribution in [0.25, 0.3) is 43.4 Å². The summed E-state index contributed by atoms with van der Waals surface area (Å²) in [5, 5.41) is 7.48. The Bertz CT molecular complexity index is 3610. The molecule has 3 nitrogen and oxygen atoms in total. The van der Waals surface area contributed by atoms with Crippen molar-refractivity contribution in [3.8, 4) is 11.1 Å². The molecule has 0 unspecified atom stereocenters. The van der Waals surface area contributed by atoms with Crippen molar-refractivity contribution in [3.05, 3.63) is 296 Å². The minimum atomic E-state index is -0.0946. The third-order valence-corrected chi connectivity index (χ3v) is 14.0. The van der Waals surface area contributed by atoms with Crippen LogP contribution < -0.4 is 14.7 Å². The van der Waals surface area contributed by atoms with E-state index in [9.17, 15) is 0 Å². The fourth-order valence-electron chi connectivity index (χ4n) is 10.9. The Balaban J connectivity index is 1.09. The van der Waals surface area contributed by atoms with E-state index in [2.05, 4.69) is 294 Å². The first-order valence-electron chi connectivity index (χ1n) is 24.1. The second kappa shape index (κ2) is 17.5. The zero-order valence-electron chi connectivity index (χ0n) is 38.5. The molecule has 0 N–H and O–H groups in total. The zero-order valence-corrected chi connectivity index (χ0v) is 38.5. The van der Waals surface area contributed by atoms with Crippen molar-refractivity contribution >= 4 is 83.5 Å². The maximum absolute atomic E-state index is 2.52. The highest BCUT2D eigenvalue weighted by atomic mass is 15.2. The zero-order chi connectivity index (χ0) is 46.4. The van der Waals surface area contributed by atoms with Crippen molar-refractivity contribution in [2.75, 3.05) is 14.7 Å². The molecule has 0 radical (unpaired) electrons. The third kappa shape index (κ3) is 7.15. The quantitative estimate of drug-likeness (QED) is 0.134. The van der Waals surface area contributed by atoms with E-state index < -0.39 is 0 Å². The summed E-state index contributed by atoms with van der Waals surface area (Å²) in [6.45, 7) is 0. The van der Waals surface area contributed by atoms with Gasteiger partial charge in [-0.2, -0.15) is 0 Å². The van der Waals surface area contributed by atoms with Gasteiger partial charge in [0.25, 0.3) is 0 Å². The molecule has 1 aliphatic rings. The van der Waals surface area contributed by atoms with E-state index in [1.165, 1.54) is 60.1 Å². The van der Waals surface area contributed by atoms with Crippen molar-refractivity contribution in [2.24, 2.45) is 0 Å². The van der Waals surface area contributed by atoms with Crippen LogP contribution in [-0.4, -0.2) is 0 Å². The van der Waals surface area contributed by atoms with Crippen LogP contribution in [-0.2, 0) is 0 Å². The largest absolute Gasteiger partial charge is 0.310 e. The molecule has 0 saturated carbocycles. The summed E-state index contributed by atoms with van der Waals surface area (Å²) in [5.41, 5.74) is 16.1. The Labute approximate surface area is 409 Å². The molecule has 0 aliphatic carbocycles. The van der Waals surface area contributed by atoms with Crippen LogP contribution in [0.2, 0.25) is 0 Å². The van der Waals surface area contributed by atoms with E-state index in [0.717, 1.165) is 51.2 Å². The third-order valence-electron chi connectivity index (χ3n) is 14.0. The molecule has 330 valence electrons. The first-order chi connectivity index (χ1) is 34.7. The van der Waals surface area contributed by atoms with Crippen LogP contribution in [0.15, 0.2) is 279 Å². The lowest BCUT2D eigenvalue weighted by atomic mass is 9.79. The number of hydrogen-bond donors (Lipinski definition) is 0.